The van der Waals surface area contributed by atoms with E-state index >= 15 is 0 Å². The normalized spacial score (nSPS) is 14.0. The molecule has 1 aliphatic carbocycles. The van der Waals surface area contributed by atoms with Gasteiger partial charge in [0.2, 0.25) is 5.82 Å². The number of hydrogen-bond acceptors (Lipinski definition) is 6. The van der Waals surface area contributed by atoms with Crippen LogP contribution in [-0.4, -0.2) is 32.0 Å². The van der Waals surface area contributed by atoms with Gasteiger partial charge < -0.3 is 9.26 Å². The Hall–Kier alpha value is -2.70. The Labute approximate surface area is 152 Å². The van der Waals surface area contributed by atoms with E-state index in [1.165, 1.54) is 17.6 Å². The van der Waals surface area contributed by atoms with Crippen LogP contribution in [0.25, 0.3) is 11.4 Å². The highest BCUT2D eigenvalue weighted by Crippen LogP contribution is 2.39. The van der Waals surface area contributed by atoms with Gasteiger partial charge in [-0.25, -0.2) is 0 Å². The predicted octanol–water partition coefficient (Wildman–Crippen LogP) is 3.37. The number of aryl methyl sites for hydroxylation is 4. The van der Waals surface area contributed by atoms with Crippen LogP contribution in [0.1, 0.15) is 47.8 Å². The summed E-state index contributed by atoms with van der Waals surface area (Å²) < 4.78 is 11.4. The predicted molar refractivity (Wildman–Crippen MR) is 96.0 cm³/mol. The van der Waals surface area contributed by atoms with Gasteiger partial charge in [-0.1, -0.05) is 5.16 Å². The molecule has 0 amide bonds. The Morgan fingerprint density at radius 2 is 1.96 bits per heavy atom. The first kappa shape index (κ1) is 16.8. The van der Waals surface area contributed by atoms with E-state index in [-0.39, 0.29) is 0 Å². The van der Waals surface area contributed by atoms with E-state index in [0.29, 0.717) is 18.3 Å². The van der Waals surface area contributed by atoms with Gasteiger partial charge in [0.25, 0.3) is 0 Å². The van der Waals surface area contributed by atoms with Gasteiger partial charge in [-0.15, -0.1) is 10.2 Å². The lowest BCUT2D eigenvalue weighted by molar-refractivity contribution is 0.296. The second-order valence-electron chi connectivity index (χ2n) is 6.99. The summed E-state index contributed by atoms with van der Waals surface area (Å²) in [6.45, 7) is 4.73. The summed E-state index contributed by atoms with van der Waals surface area (Å²) in [5, 5.41) is 16.4. The highest BCUT2D eigenvalue weighted by atomic mass is 16.5. The van der Waals surface area contributed by atoms with Crippen molar-refractivity contribution in [2.24, 2.45) is 7.05 Å². The molecular formula is C19H23N5O2. The van der Waals surface area contributed by atoms with Crippen LogP contribution in [0, 0.1) is 13.8 Å². The minimum atomic E-state index is 0.627. The Bertz CT molecular complexity index is 887. The molecule has 1 aliphatic rings. The SMILES string of the molecule is Cc1cc(-c2nnn(C)n2)cc(C)c1OCCCc1cc(C2CC2)no1. The zero-order chi connectivity index (χ0) is 18.1. The average Bonchev–Trinajstić information content (AvgIpc) is 3.19. The fourth-order valence-corrected chi connectivity index (χ4v) is 3.15. The maximum atomic E-state index is 6.03. The second-order valence-corrected chi connectivity index (χ2v) is 6.99. The Kier molecular flexibility index (Phi) is 4.44. The number of aromatic nitrogens is 5. The van der Waals surface area contributed by atoms with Crippen LogP contribution >= 0.6 is 0 Å². The highest BCUT2D eigenvalue weighted by molar-refractivity contribution is 5.60. The van der Waals surface area contributed by atoms with E-state index in [0.717, 1.165) is 46.7 Å². The van der Waals surface area contributed by atoms with Crippen LogP contribution in [0.4, 0.5) is 0 Å². The van der Waals surface area contributed by atoms with Gasteiger partial charge in [0, 0.05) is 24.0 Å². The number of ether oxygens (including phenoxy) is 1. The zero-order valence-electron chi connectivity index (χ0n) is 15.4. The van der Waals surface area contributed by atoms with E-state index < -0.39 is 0 Å². The summed E-state index contributed by atoms with van der Waals surface area (Å²) in [6, 6.07) is 6.17. The third kappa shape index (κ3) is 3.61. The Morgan fingerprint density at radius 3 is 2.62 bits per heavy atom. The lowest BCUT2D eigenvalue weighted by atomic mass is 10.1. The number of hydrogen-bond donors (Lipinski definition) is 0. The van der Waals surface area contributed by atoms with Gasteiger partial charge >= 0.3 is 0 Å². The molecule has 7 nitrogen and oxygen atoms in total. The van der Waals surface area contributed by atoms with Gasteiger partial charge in [0.05, 0.1) is 19.3 Å². The summed E-state index contributed by atoms with van der Waals surface area (Å²) in [7, 11) is 1.76. The number of rotatable bonds is 7. The van der Waals surface area contributed by atoms with Crippen molar-refractivity contribution in [1.82, 2.24) is 25.4 Å². The van der Waals surface area contributed by atoms with Crippen molar-refractivity contribution in [3.05, 3.63) is 40.8 Å². The standard InChI is InChI=1S/C19H23N5O2/c1-12-9-15(19-20-23-24(3)21-19)10-13(2)18(12)25-8-4-5-16-11-17(22-26-16)14-6-7-14/h9-11,14H,4-8H2,1-3H3. The largest absolute Gasteiger partial charge is 0.493 e. The first-order valence-electron chi connectivity index (χ1n) is 9.04. The number of tetrazole rings is 1. The molecule has 4 rings (SSSR count). The molecular weight excluding hydrogens is 330 g/mol. The second kappa shape index (κ2) is 6.90. The minimum Gasteiger partial charge on any atom is -0.493 e. The van der Waals surface area contributed by atoms with Gasteiger partial charge in [0.15, 0.2) is 0 Å². The van der Waals surface area contributed by atoms with Crippen LogP contribution in [-0.2, 0) is 13.5 Å². The summed E-state index contributed by atoms with van der Waals surface area (Å²) >= 11 is 0. The average molecular weight is 353 g/mol. The zero-order valence-corrected chi connectivity index (χ0v) is 15.4. The summed E-state index contributed by atoms with van der Waals surface area (Å²) in [5.41, 5.74) is 4.21. The van der Waals surface area contributed by atoms with Crippen molar-refractivity contribution >= 4 is 0 Å². The van der Waals surface area contributed by atoms with Crippen LogP contribution in [0.15, 0.2) is 22.7 Å². The molecule has 2 aromatic heterocycles. The van der Waals surface area contributed by atoms with Gasteiger partial charge in [-0.3, -0.25) is 0 Å². The van der Waals surface area contributed by atoms with E-state index in [9.17, 15) is 0 Å². The monoisotopic (exact) mass is 353 g/mol. The van der Waals surface area contributed by atoms with Crippen molar-refractivity contribution in [3.63, 3.8) is 0 Å². The van der Waals surface area contributed by atoms with E-state index in [2.05, 4.69) is 26.6 Å². The quantitative estimate of drug-likeness (QED) is 0.606. The number of benzene rings is 1. The fraction of sp³-hybridized carbons (Fsp3) is 0.474. The molecule has 0 bridgehead atoms. The molecule has 1 saturated carbocycles. The van der Waals surface area contributed by atoms with E-state index in [1.54, 1.807) is 7.05 Å². The van der Waals surface area contributed by atoms with Crippen LogP contribution in [0.5, 0.6) is 5.75 Å². The van der Waals surface area contributed by atoms with E-state index in [1.807, 2.05) is 26.0 Å². The van der Waals surface area contributed by atoms with Crippen LogP contribution in [0.2, 0.25) is 0 Å². The summed E-state index contributed by atoms with van der Waals surface area (Å²) in [4.78, 5) is 1.46. The topological polar surface area (TPSA) is 78.9 Å². The van der Waals surface area contributed by atoms with Crippen molar-refractivity contribution in [2.75, 3.05) is 6.61 Å². The molecule has 0 unspecified atom stereocenters. The molecule has 0 radical (unpaired) electrons. The van der Waals surface area contributed by atoms with Crippen molar-refractivity contribution in [3.8, 4) is 17.1 Å². The molecule has 0 atom stereocenters. The Balaban J connectivity index is 1.35. The first-order chi connectivity index (χ1) is 12.6. The maximum absolute atomic E-state index is 6.03. The molecule has 7 heteroatoms. The third-order valence-corrected chi connectivity index (χ3v) is 4.61. The molecule has 1 aromatic carbocycles. The first-order valence-corrected chi connectivity index (χ1v) is 9.04. The Morgan fingerprint density at radius 1 is 1.19 bits per heavy atom. The third-order valence-electron chi connectivity index (χ3n) is 4.61. The molecule has 2 heterocycles. The van der Waals surface area contributed by atoms with E-state index in [4.69, 9.17) is 9.26 Å². The van der Waals surface area contributed by atoms with Gasteiger partial charge in [-0.2, -0.15) is 4.80 Å². The molecule has 26 heavy (non-hydrogen) atoms. The molecule has 1 fully saturated rings. The van der Waals surface area contributed by atoms with Crippen molar-refractivity contribution < 1.29 is 9.26 Å². The van der Waals surface area contributed by atoms with Crippen molar-refractivity contribution in [1.29, 1.82) is 0 Å². The van der Waals surface area contributed by atoms with Crippen molar-refractivity contribution in [2.45, 2.75) is 45.4 Å². The summed E-state index contributed by atoms with van der Waals surface area (Å²) in [6.07, 6.45) is 4.23. The van der Waals surface area contributed by atoms with Crippen LogP contribution < -0.4 is 4.74 Å². The molecule has 3 aromatic rings. The molecule has 0 saturated heterocycles. The highest BCUT2D eigenvalue weighted by Gasteiger charge is 2.26. The molecule has 0 N–H and O–H groups in total. The lowest BCUT2D eigenvalue weighted by Crippen LogP contribution is -2.02. The molecule has 136 valence electrons. The minimum absolute atomic E-state index is 0.627. The van der Waals surface area contributed by atoms with Gasteiger partial charge in [0.1, 0.15) is 11.5 Å². The smallest absolute Gasteiger partial charge is 0.204 e. The fourth-order valence-electron chi connectivity index (χ4n) is 3.15. The van der Waals surface area contributed by atoms with Gasteiger partial charge in [-0.05, 0) is 61.6 Å². The maximum Gasteiger partial charge on any atom is 0.204 e. The molecule has 0 aliphatic heterocycles. The number of nitrogens with zero attached hydrogens (tertiary/aromatic N) is 5. The molecule has 0 spiro atoms. The summed E-state index contributed by atoms with van der Waals surface area (Å²) in [5.74, 6) is 3.14. The van der Waals surface area contributed by atoms with Crippen LogP contribution in [0.3, 0.4) is 0 Å². The lowest BCUT2D eigenvalue weighted by Gasteiger charge is -2.13.